The van der Waals surface area contributed by atoms with Crippen LogP contribution in [0.25, 0.3) is 0 Å². The first-order valence-corrected chi connectivity index (χ1v) is 6.55. The second kappa shape index (κ2) is 6.00. The van der Waals surface area contributed by atoms with Crippen LogP contribution in [0.3, 0.4) is 0 Å². The maximum absolute atomic E-state index is 11.0. The third kappa shape index (κ3) is 5.12. The topological polar surface area (TPSA) is 67.4 Å². The van der Waals surface area contributed by atoms with Gasteiger partial charge in [0.1, 0.15) is 0 Å². The van der Waals surface area contributed by atoms with E-state index in [1.165, 1.54) is 6.26 Å². The van der Waals surface area contributed by atoms with Crippen molar-refractivity contribution in [2.75, 3.05) is 33.1 Å². The molecule has 15 heavy (non-hydrogen) atoms. The first-order chi connectivity index (χ1) is 6.47. The Morgan fingerprint density at radius 2 is 2.20 bits per heavy atom. The molecule has 2 N–H and O–H groups in total. The molecule has 0 aliphatic carbocycles. The normalized spacial score (nSPS) is 26.3. The van der Waals surface area contributed by atoms with Gasteiger partial charge in [-0.05, 0) is 19.4 Å². The molecule has 1 unspecified atom stereocenters. The van der Waals surface area contributed by atoms with E-state index in [0.717, 1.165) is 19.4 Å². The molecular weight excluding hydrogens is 240 g/mol. The van der Waals surface area contributed by atoms with Crippen molar-refractivity contribution < 1.29 is 13.2 Å². The fourth-order valence-electron chi connectivity index (χ4n) is 1.74. The Kier molecular flexibility index (Phi) is 6.05. The third-order valence-corrected chi connectivity index (χ3v) is 3.09. The number of sulfonamides is 1. The van der Waals surface area contributed by atoms with Crippen LogP contribution in [-0.2, 0) is 14.8 Å². The van der Waals surface area contributed by atoms with Crippen LogP contribution in [0.4, 0.5) is 0 Å². The molecular formula is C8H19ClN2O3S. The zero-order chi connectivity index (χ0) is 10.7. The number of methoxy groups -OCH3 is 1. The van der Waals surface area contributed by atoms with E-state index in [4.69, 9.17) is 4.74 Å². The van der Waals surface area contributed by atoms with Gasteiger partial charge in [0.2, 0.25) is 10.0 Å². The van der Waals surface area contributed by atoms with Gasteiger partial charge >= 0.3 is 0 Å². The lowest BCUT2D eigenvalue weighted by atomic mass is 9.99. The van der Waals surface area contributed by atoms with Crippen molar-refractivity contribution >= 4 is 22.4 Å². The molecule has 1 heterocycles. The molecule has 0 spiro atoms. The Bertz CT molecular complexity index is 276. The number of rotatable bonds is 5. The summed E-state index contributed by atoms with van der Waals surface area (Å²) in [4.78, 5) is 0. The van der Waals surface area contributed by atoms with Gasteiger partial charge in [0, 0.05) is 13.7 Å². The van der Waals surface area contributed by atoms with E-state index in [1.807, 2.05) is 0 Å². The predicted octanol–water partition coefficient (Wildman–Crippen LogP) is -0.274. The largest absolute Gasteiger partial charge is 0.383 e. The van der Waals surface area contributed by atoms with Crippen LogP contribution < -0.4 is 10.0 Å². The molecule has 0 saturated carbocycles. The van der Waals surface area contributed by atoms with Gasteiger partial charge in [0.15, 0.2) is 0 Å². The average molecular weight is 259 g/mol. The van der Waals surface area contributed by atoms with Crippen molar-refractivity contribution in [2.45, 2.75) is 18.4 Å². The predicted molar refractivity (Wildman–Crippen MR) is 61.9 cm³/mol. The Morgan fingerprint density at radius 1 is 1.53 bits per heavy atom. The van der Waals surface area contributed by atoms with Crippen LogP contribution in [0, 0.1) is 0 Å². The Morgan fingerprint density at radius 3 is 2.60 bits per heavy atom. The monoisotopic (exact) mass is 258 g/mol. The molecule has 1 aliphatic rings. The number of hydrogen-bond acceptors (Lipinski definition) is 4. The molecule has 5 nitrogen and oxygen atoms in total. The van der Waals surface area contributed by atoms with E-state index in [2.05, 4.69) is 10.0 Å². The summed E-state index contributed by atoms with van der Waals surface area (Å²) >= 11 is 0. The SMILES string of the molecule is COCC1(CNS(C)(=O)=O)CCCN1.Cl. The molecule has 1 aliphatic heterocycles. The quantitative estimate of drug-likeness (QED) is 0.712. The van der Waals surface area contributed by atoms with Gasteiger partial charge in [-0.1, -0.05) is 0 Å². The molecule has 92 valence electrons. The summed E-state index contributed by atoms with van der Waals surface area (Å²) in [6.45, 7) is 1.87. The van der Waals surface area contributed by atoms with Crippen LogP contribution in [0.5, 0.6) is 0 Å². The number of halogens is 1. The lowest BCUT2D eigenvalue weighted by Crippen LogP contribution is -2.52. The van der Waals surface area contributed by atoms with E-state index in [9.17, 15) is 8.42 Å². The van der Waals surface area contributed by atoms with E-state index < -0.39 is 10.0 Å². The summed E-state index contributed by atoms with van der Waals surface area (Å²) in [6, 6.07) is 0. The standard InChI is InChI=1S/C8H18N2O3S.ClH/c1-13-7-8(4-3-5-9-8)6-10-14(2,11)12;/h9-10H,3-7H2,1-2H3;1H. The Balaban J connectivity index is 0.00000196. The highest BCUT2D eigenvalue weighted by Gasteiger charge is 2.33. The van der Waals surface area contributed by atoms with Gasteiger partial charge in [-0.2, -0.15) is 0 Å². The van der Waals surface area contributed by atoms with E-state index in [-0.39, 0.29) is 17.9 Å². The van der Waals surface area contributed by atoms with E-state index in [1.54, 1.807) is 7.11 Å². The highest BCUT2D eigenvalue weighted by molar-refractivity contribution is 7.88. The van der Waals surface area contributed by atoms with Crippen LogP contribution in [0.15, 0.2) is 0 Å². The molecule has 0 aromatic heterocycles. The number of nitrogens with one attached hydrogen (secondary N) is 2. The van der Waals surface area contributed by atoms with Crippen LogP contribution >= 0.6 is 12.4 Å². The Hall–Kier alpha value is 0.120. The molecule has 0 radical (unpaired) electrons. The van der Waals surface area contributed by atoms with Crippen molar-refractivity contribution in [3.05, 3.63) is 0 Å². The average Bonchev–Trinajstić information content (AvgIpc) is 2.50. The lowest BCUT2D eigenvalue weighted by molar-refractivity contribution is 0.122. The van der Waals surface area contributed by atoms with E-state index >= 15 is 0 Å². The zero-order valence-corrected chi connectivity index (χ0v) is 10.7. The molecule has 7 heteroatoms. The summed E-state index contributed by atoms with van der Waals surface area (Å²) in [6.07, 6.45) is 3.18. The first kappa shape index (κ1) is 15.1. The van der Waals surface area contributed by atoms with Gasteiger partial charge in [0.25, 0.3) is 0 Å². The van der Waals surface area contributed by atoms with Gasteiger partial charge in [-0.15, -0.1) is 12.4 Å². The van der Waals surface area contributed by atoms with Crippen molar-refractivity contribution in [3.8, 4) is 0 Å². The van der Waals surface area contributed by atoms with Gasteiger partial charge in [-0.25, -0.2) is 13.1 Å². The van der Waals surface area contributed by atoms with Crippen molar-refractivity contribution in [1.82, 2.24) is 10.0 Å². The second-order valence-electron chi connectivity index (χ2n) is 3.84. The number of ether oxygens (including phenoxy) is 1. The minimum Gasteiger partial charge on any atom is -0.383 e. The Labute approximate surface area is 97.4 Å². The van der Waals surface area contributed by atoms with Crippen LogP contribution in [0.2, 0.25) is 0 Å². The second-order valence-corrected chi connectivity index (χ2v) is 5.67. The fourth-order valence-corrected chi connectivity index (χ4v) is 2.28. The third-order valence-electron chi connectivity index (χ3n) is 2.43. The lowest BCUT2D eigenvalue weighted by Gasteiger charge is -2.28. The van der Waals surface area contributed by atoms with Crippen LogP contribution in [0.1, 0.15) is 12.8 Å². The molecule has 1 saturated heterocycles. The molecule has 1 rings (SSSR count). The fraction of sp³-hybridized carbons (Fsp3) is 1.00. The van der Waals surface area contributed by atoms with Crippen molar-refractivity contribution in [3.63, 3.8) is 0 Å². The summed E-state index contributed by atoms with van der Waals surface area (Å²) < 4.78 is 29.5. The molecule has 1 atom stereocenters. The molecule has 0 aromatic rings. The van der Waals surface area contributed by atoms with Crippen molar-refractivity contribution in [2.24, 2.45) is 0 Å². The summed E-state index contributed by atoms with van der Waals surface area (Å²) in [5.74, 6) is 0. The van der Waals surface area contributed by atoms with Crippen LogP contribution in [-0.4, -0.2) is 47.0 Å². The van der Waals surface area contributed by atoms with Gasteiger partial charge < -0.3 is 10.1 Å². The highest BCUT2D eigenvalue weighted by atomic mass is 35.5. The summed E-state index contributed by atoms with van der Waals surface area (Å²) in [5, 5.41) is 3.29. The minimum atomic E-state index is -3.11. The molecule has 0 aromatic carbocycles. The maximum Gasteiger partial charge on any atom is 0.208 e. The van der Waals surface area contributed by atoms with E-state index in [0.29, 0.717) is 13.2 Å². The molecule has 0 amide bonds. The van der Waals surface area contributed by atoms with Crippen molar-refractivity contribution in [1.29, 1.82) is 0 Å². The summed E-state index contributed by atoms with van der Waals surface area (Å²) in [5.41, 5.74) is -0.210. The number of hydrogen-bond donors (Lipinski definition) is 2. The maximum atomic E-state index is 11.0. The first-order valence-electron chi connectivity index (χ1n) is 4.66. The molecule has 1 fully saturated rings. The van der Waals surface area contributed by atoms with Gasteiger partial charge in [0.05, 0.1) is 18.4 Å². The highest BCUT2D eigenvalue weighted by Crippen LogP contribution is 2.18. The zero-order valence-electron chi connectivity index (χ0n) is 9.08. The smallest absolute Gasteiger partial charge is 0.208 e. The minimum absolute atomic E-state index is 0. The van der Waals surface area contributed by atoms with Gasteiger partial charge in [-0.3, -0.25) is 0 Å². The molecule has 0 bridgehead atoms. The summed E-state index contributed by atoms with van der Waals surface area (Å²) in [7, 11) is -1.49.